The fourth-order valence-electron chi connectivity index (χ4n) is 3.80. The van der Waals surface area contributed by atoms with E-state index in [2.05, 4.69) is 35.4 Å². The molecule has 30 heavy (non-hydrogen) atoms. The van der Waals surface area contributed by atoms with Gasteiger partial charge >= 0.3 is 5.97 Å². The van der Waals surface area contributed by atoms with Gasteiger partial charge in [-0.05, 0) is 47.5 Å². The number of furan rings is 1. The normalized spacial score (nSPS) is 11.3. The number of fused-ring (bicyclic) bond motifs is 2. The van der Waals surface area contributed by atoms with Crippen LogP contribution in [-0.4, -0.2) is 27.8 Å². The van der Waals surface area contributed by atoms with Crippen LogP contribution in [0.5, 0.6) is 0 Å². The first-order valence-corrected chi connectivity index (χ1v) is 9.62. The Morgan fingerprint density at radius 3 is 2.67 bits per heavy atom. The molecule has 5 rings (SSSR count). The Labute approximate surface area is 172 Å². The summed E-state index contributed by atoms with van der Waals surface area (Å²) in [5.41, 5.74) is 3.44. The Morgan fingerprint density at radius 2 is 1.90 bits per heavy atom. The fourth-order valence-corrected chi connectivity index (χ4v) is 3.80. The quantitative estimate of drug-likeness (QED) is 0.400. The van der Waals surface area contributed by atoms with Gasteiger partial charge in [0.25, 0.3) is 0 Å². The molecule has 6 nitrogen and oxygen atoms in total. The van der Waals surface area contributed by atoms with Crippen molar-refractivity contribution in [3.05, 3.63) is 83.7 Å². The van der Waals surface area contributed by atoms with E-state index < -0.39 is 5.97 Å². The summed E-state index contributed by atoms with van der Waals surface area (Å²) >= 11 is 0. The van der Waals surface area contributed by atoms with Gasteiger partial charge in [0.05, 0.1) is 36.6 Å². The van der Waals surface area contributed by atoms with Crippen LogP contribution in [0.25, 0.3) is 33.3 Å². The highest BCUT2D eigenvalue weighted by molar-refractivity contribution is 6.04. The number of benzene rings is 2. The number of carbonyl (C=O) groups is 1. The van der Waals surface area contributed by atoms with Crippen LogP contribution in [0.3, 0.4) is 0 Å². The summed E-state index contributed by atoms with van der Waals surface area (Å²) in [6.45, 7) is 2.41. The van der Waals surface area contributed by atoms with Gasteiger partial charge in [-0.15, -0.1) is 0 Å². The number of hydrogen-bond acceptors (Lipinski definition) is 5. The van der Waals surface area contributed by atoms with Crippen molar-refractivity contribution in [3.63, 3.8) is 0 Å². The first-order chi connectivity index (χ1) is 14.6. The molecule has 0 bridgehead atoms. The van der Waals surface area contributed by atoms with Crippen molar-refractivity contribution in [1.29, 1.82) is 0 Å². The highest BCUT2D eigenvalue weighted by atomic mass is 16.5. The summed E-state index contributed by atoms with van der Waals surface area (Å²) in [6.07, 6.45) is 1.58. The zero-order valence-electron chi connectivity index (χ0n) is 16.6. The molecule has 0 unspecified atom stereocenters. The van der Waals surface area contributed by atoms with E-state index in [1.54, 1.807) is 18.4 Å². The lowest BCUT2D eigenvalue weighted by Gasteiger charge is -2.08. The number of aromatic nitrogens is 3. The van der Waals surface area contributed by atoms with Crippen molar-refractivity contribution >= 4 is 27.8 Å². The number of hydrogen-bond donors (Lipinski definition) is 0. The van der Waals surface area contributed by atoms with Crippen LogP contribution in [0.1, 0.15) is 21.6 Å². The first-order valence-electron chi connectivity index (χ1n) is 9.62. The van der Waals surface area contributed by atoms with Crippen LogP contribution in [-0.2, 0) is 11.3 Å². The average molecular weight is 397 g/mol. The molecule has 0 aliphatic carbocycles. The van der Waals surface area contributed by atoms with Crippen LogP contribution >= 0.6 is 0 Å². The van der Waals surface area contributed by atoms with E-state index in [0.29, 0.717) is 34.6 Å². The Balaban J connectivity index is 1.68. The zero-order chi connectivity index (χ0) is 20.7. The van der Waals surface area contributed by atoms with Gasteiger partial charge in [-0.2, -0.15) is 5.10 Å². The SMILES string of the molecule is COC(=O)c1cc(-c2ccco2)nc2c1c(C)nn2Cc1ccc2ccccc2c1. The van der Waals surface area contributed by atoms with Gasteiger partial charge in [0.2, 0.25) is 0 Å². The molecule has 0 atom stereocenters. The number of carbonyl (C=O) groups excluding carboxylic acids is 1. The third-order valence-corrected chi connectivity index (χ3v) is 5.20. The smallest absolute Gasteiger partial charge is 0.338 e. The number of rotatable bonds is 4. The van der Waals surface area contributed by atoms with Crippen LogP contribution < -0.4 is 0 Å². The zero-order valence-corrected chi connectivity index (χ0v) is 16.6. The molecule has 0 saturated carbocycles. The Morgan fingerprint density at radius 1 is 1.07 bits per heavy atom. The van der Waals surface area contributed by atoms with Crippen LogP contribution in [0, 0.1) is 6.92 Å². The topological polar surface area (TPSA) is 70.2 Å². The van der Waals surface area contributed by atoms with Gasteiger partial charge in [0.15, 0.2) is 11.4 Å². The number of pyridine rings is 1. The number of methoxy groups -OCH3 is 1. The number of nitrogens with zero attached hydrogens (tertiary/aromatic N) is 3. The molecule has 0 amide bonds. The van der Waals surface area contributed by atoms with Gasteiger partial charge < -0.3 is 9.15 Å². The van der Waals surface area contributed by atoms with Gasteiger partial charge in [-0.25, -0.2) is 14.5 Å². The minimum Gasteiger partial charge on any atom is -0.465 e. The molecule has 0 aliphatic rings. The third kappa shape index (κ3) is 3.03. The average Bonchev–Trinajstić information content (AvgIpc) is 3.41. The van der Waals surface area contributed by atoms with E-state index in [4.69, 9.17) is 14.1 Å². The van der Waals surface area contributed by atoms with Crippen LogP contribution in [0.15, 0.2) is 71.3 Å². The summed E-state index contributed by atoms with van der Waals surface area (Å²) in [7, 11) is 1.37. The highest BCUT2D eigenvalue weighted by Crippen LogP contribution is 2.28. The first kappa shape index (κ1) is 18.1. The molecule has 148 valence electrons. The molecule has 0 fully saturated rings. The lowest BCUT2D eigenvalue weighted by atomic mass is 10.1. The molecular formula is C24H19N3O3. The van der Waals surface area contributed by atoms with Crippen molar-refractivity contribution in [2.75, 3.05) is 7.11 Å². The second-order valence-electron chi connectivity index (χ2n) is 7.15. The molecule has 3 aromatic heterocycles. The number of ether oxygens (including phenoxy) is 1. The minimum absolute atomic E-state index is 0.427. The van der Waals surface area contributed by atoms with E-state index >= 15 is 0 Å². The second kappa shape index (κ2) is 7.15. The molecule has 0 aliphatic heterocycles. The summed E-state index contributed by atoms with van der Waals surface area (Å²) in [5.74, 6) is 0.154. The van der Waals surface area contributed by atoms with Crippen molar-refractivity contribution < 1.29 is 13.9 Å². The molecule has 5 aromatic rings. The van der Waals surface area contributed by atoms with Gasteiger partial charge in [0, 0.05) is 0 Å². The number of aryl methyl sites for hydroxylation is 1. The van der Waals surface area contributed by atoms with E-state index in [0.717, 1.165) is 11.3 Å². The fraction of sp³-hybridized carbons (Fsp3) is 0.125. The molecule has 2 aromatic carbocycles. The highest BCUT2D eigenvalue weighted by Gasteiger charge is 2.21. The predicted octanol–water partition coefficient (Wildman–Crippen LogP) is 4.99. The molecule has 0 saturated heterocycles. The molecule has 0 radical (unpaired) electrons. The Kier molecular flexibility index (Phi) is 4.32. The summed E-state index contributed by atoms with van der Waals surface area (Å²) in [5, 5.41) is 7.73. The van der Waals surface area contributed by atoms with E-state index in [9.17, 15) is 4.79 Å². The van der Waals surface area contributed by atoms with E-state index in [1.165, 1.54) is 17.9 Å². The number of esters is 1. The summed E-state index contributed by atoms with van der Waals surface area (Å²) < 4.78 is 12.3. The maximum Gasteiger partial charge on any atom is 0.338 e. The lowest BCUT2D eigenvalue weighted by Crippen LogP contribution is -2.06. The second-order valence-corrected chi connectivity index (χ2v) is 7.15. The molecule has 0 N–H and O–H groups in total. The molecule has 6 heteroatoms. The largest absolute Gasteiger partial charge is 0.465 e. The van der Waals surface area contributed by atoms with Crippen LogP contribution in [0.2, 0.25) is 0 Å². The van der Waals surface area contributed by atoms with Crippen molar-refractivity contribution in [3.8, 4) is 11.5 Å². The molecule has 3 heterocycles. The molecule has 0 spiro atoms. The van der Waals surface area contributed by atoms with Gasteiger partial charge in [-0.1, -0.05) is 36.4 Å². The van der Waals surface area contributed by atoms with E-state index in [-0.39, 0.29) is 0 Å². The van der Waals surface area contributed by atoms with Crippen molar-refractivity contribution in [2.24, 2.45) is 0 Å². The summed E-state index contributed by atoms with van der Waals surface area (Å²) in [6, 6.07) is 19.9. The summed E-state index contributed by atoms with van der Waals surface area (Å²) in [4.78, 5) is 17.3. The predicted molar refractivity (Wildman–Crippen MR) is 114 cm³/mol. The van der Waals surface area contributed by atoms with E-state index in [1.807, 2.05) is 29.8 Å². The lowest BCUT2D eigenvalue weighted by molar-refractivity contribution is 0.0603. The monoisotopic (exact) mass is 397 g/mol. The maximum absolute atomic E-state index is 12.5. The standard InChI is InChI=1S/C24H19N3O3/c1-15-22-19(24(28)29-2)13-20(21-8-5-11-30-21)25-23(22)27(26-15)14-16-9-10-17-6-3-4-7-18(17)12-16/h3-13H,14H2,1-2H3. The Bertz CT molecular complexity index is 1380. The van der Waals surface area contributed by atoms with Crippen LogP contribution in [0.4, 0.5) is 0 Å². The van der Waals surface area contributed by atoms with Crippen molar-refractivity contribution in [2.45, 2.75) is 13.5 Å². The molecular weight excluding hydrogens is 378 g/mol. The minimum atomic E-state index is -0.427. The van der Waals surface area contributed by atoms with Gasteiger partial charge in [-0.3, -0.25) is 0 Å². The Hall–Kier alpha value is -3.93. The maximum atomic E-state index is 12.5. The van der Waals surface area contributed by atoms with Crippen molar-refractivity contribution in [1.82, 2.24) is 14.8 Å². The third-order valence-electron chi connectivity index (χ3n) is 5.20. The van der Waals surface area contributed by atoms with Gasteiger partial charge in [0.1, 0.15) is 5.69 Å².